The SMILES string of the molecule is O=C(c1cnc2c(c1)ncn2Cc1ccccc1)N1C[C@H]2C[C@@]2(CO)C1. The molecule has 1 aromatic carbocycles. The highest BCUT2D eigenvalue weighted by atomic mass is 16.3. The molecule has 2 aliphatic rings. The molecule has 1 saturated carbocycles. The fraction of sp³-hybridized carbons (Fsp3) is 0.350. The maximum absolute atomic E-state index is 12.8. The minimum Gasteiger partial charge on any atom is -0.396 e. The summed E-state index contributed by atoms with van der Waals surface area (Å²) in [5.41, 5.74) is 3.22. The summed E-state index contributed by atoms with van der Waals surface area (Å²) in [5, 5.41) is 9.54. The first-order valence-electron chi connectivity index (χ1n) is 8.93. The van der Waals surface area contributed by atoms with Crippen molar-refractivity contribution >= 4 is 17.1 Å². The summed E-state index contributed by atoms with van der Waals surface area (Å²) in [6, 6.07) is 12.0. The van der Waals surface area contributed by atoms with Crippen molar-refractivity contribution in [3.63, 3.8) is 0 Å². The normalized spacial score (nSPS) is 24.0. The predicted octanol–water partition coefficient (Wildman–Crippen LogP) is 1.93. The molecule has 0 unspecified atom stereocenters. The van der Waals surface area contributed by atoms with Crippen LogP contribution in [-0.2, 0) is 6.54 Å². The molecule has 26 heavy (non-hydrogen) atoms. The van der Waals surface area contributed by atoms with Gasteiger partial charge >= 0.3 is 0 Å². The van der Waals surface area contributed by atoms with Gasteiger partial charge < -0.3 is 14.6 Å². The van der Waals surface area contributed by atoms with Crippen LogP contribution in [0, 0.1) is 11.3 Å². The van der Waals surface area contributed by atoms with E-state index in [2.05, 4.69) is 22.1 Å². The van der Waals surface area contributed by atoms with Crippen molar-refractivity contribution in [3.05, 3.63) is 60.0 Å². The van der Waals surface area contributed by atoms with Gasteiger partial charge in [-0.25, -0.2) is 9.97 Å². The van der Waals surface area contributed by atoms with Gasteiger partial charge in [-0.1, -0.05) is 30.3 Å². The van der Waals surface area contributed by atoms with Gasteiger partial charge in [0, 0.05) is 24.7 Å². The van der Waals surface area contributed by atoms with Crippen molar-refractivity contribution in [2.75, 3.05) is 19.7 Å². The molecule has 1 amide bonds. The van der Waals surface area contributed by atoms with Crippen molar-refractivity contribution in [3.8, 4) is 0 Å². The first-order valence-corrected chi connectivity index (χ1v) is 8.93. The monoisotopic (exact) mass is 348 g/mol. The van der Waals surface area contributed by atoms with Gasteiger partial charge in [0.15, 0.2) is 5.65 Å². The number of hydrogen-bond donors (Lipinski definition) is 1. The van der Waals surface area contributed by atoms with Crippen LogP contribution < -0.4 is 0 Å². The Labute approximate surface area is 151 Å². The maximum atomic E-state index is 12.8. The van der Waals surface area contributed by atoms with Crippen LogP contribution in [0.2, 0.25) is 0 Å². The molecule has 2 fully saturated rings. The number of aliphatic hydroxyl groups excluding tert-OH is 1. The Balaban J connectivity index is 1.38. The zero-order valence-corrected chi connectivity index (χ0v) is 14.4. The Morgan fingerprint density at radius 3 is 2.88 bits per heavy atom. The van der Waals surface area contributed by atoms with E-state index in [0.29, 0.717) is 24.6 Å². The minimum absolute atomic E-state index is 0.0166. The smallest absolute Gasteiger partial charge is 0.255 e. The number of rotatable bonds is 4. The lowest BCUT2D eigenvalue weighted by Crippen LogP contribution is -2.32. The van der Waals surface area contributed by atoms with E-state index in [-0.39, 0.29) is 17.9 Å². The molecule has 0 radical (unpaired) electrons. The van der Waals surface area contributed by atoms with Crippen LogP contribution in [0.15, 0.2) is 48.9 Å². The van der Waals surface area contributed by atoms with Crippen LogP contribution in [0.4, 0.5) is 0 Å². The van der Waals surface area contributed by atoms with E-state index in [9.17, 15) is 9.90 Å². The molecule has 3 aromatic rings. The van der Waals surface area contributed by atoms with Gasteiger partial charge in [0.25, 0.3) is 5.91 Å². The summed E-state index contributed by atoms with van der Waals surface area (Å²) in [7, 11) is 0. The Morgan fingerprint density at radius 1 is 1.27 bits per heavy atom. The lowest BCUT2D eigenvalue weighted by atomic mass is 10.1. The van der Waals surface area contributed by atoms with E-state index < -0.39 is 0 Å². The van der Waals surface area contributed by atoms with Gasteiger partial charge in [0.05, 0.1) is 25.0 Å². The third-order valence-corrected chi connectivity index (χ3v) is 5.81. The highest BCUT2D eigenvalue weighted by molar-refractivity contribution is 5.96. The van der Waals surface area contributed by atoms with Crippen molar-refractivity contribution in [2.24, 2.45) is 11.3 Å². The number of amides is 1. The molecule has 2 atom stereocenters. The molecule has 1 aliphatic heterocycles. The number of imidazole rings is 1. The van der Waals surface area contributed by atoms with Crippen LogP contribution in [0.25, 0.3) is 11.2 Å². The first-order chi connectivity index (χ1) is 12.7. The van der Waals surface area contributed by atoms with Gasteiger partial charge in [-0.15, -0.1) is 0 Å². The summed E-state index contributed by atoms with van der Waals surface area (Å²) >= 11 is 0. The lowest BCUT2D eigenvalue weighted by Gasteiger charge is -2.20. The number of benzene rings is 1. The lowest BCUT2D eigenvalue weighted by molar-refractivity contribution is 0.0751. The van der Waals surface area contributed by atoms with Crippen molar-refractivity contribution < 1.29 is 9.90 Å². The van der Waals surface area contributed by atoms with Crippen molar-refractivity contribution in [1.29, 1.82) is 0 Å². The largest absolute Gasteiger partial charge is 0.396 e. The van der Waals surface area contributed by atoms with Crippen LogP contribution in [0.5, 0.6) is 0 Å². The number of fused-ring (bicyclic) bond motifs is 2. The van der Waals surface area contributed by atoms with Crippen molar-refractivity contribution in [1.82, 2.24) is 19.4 Å². The zero-order chi connectivity index (χ0) is 17.7. The molecular formula is C20H20N4O2. The number of pyridine rings is 1. The summed E-state index contributed by atoms with van der Waals surface area (Å²) in [5.74, 6) is 0.440. The molecular weight excluding hydrogens is 328 g/mol. The van der Waals surface area contributed by atoms with E-state index in [1.165, 1.54) is 5.56 Å². The average Bonchev–Trinajstić information content (AvgIpc) is 3.03. The number of hydrogen-bond acceptors (Lipinski definition) is 4. The number of aliphatic hydroxyl groups is 1. The number of carbonyl (C=O) groups is 1. The highest BCUT2D eigenvalue weighted by Gasteiger charge is 2.60. The van der Waals surface area contributed by atoms with Gasteiger partial charge in [-0.05, 0) is 24.0 Å². The van der Waals surface area contributed by atoms with E-state index >= 15 is 0 Å². The molecule has 6 heteroatoms. The van der Waals surface area contributed by atoms with Crippen LogP contribution >= 0.6 is 0 Å². The molecule has 5 rings (SSSR count). The first kappa shape index (κ1) is 15.5. The topological polar surface area (TPSA) is 71.2 Å². The van der Waals surface area contributed by atoms with Crippen molar-refractivity contribution in [2.45, 2.75) is 13.0 Å². The third-order valence-electron chi connectivity index (χ3n) is 5.81. The maximum Gasteiger partial charge on any atom is 0.255 e. The standard InChI is InChI=1S/C20H20N4O2/c25-12-20-7-16(20)10-23(11-20)19(26)15-6-17-18(21-8-15)24(13-22-17)9-14-4-2-1-3-5-14/h1-6,8,13,16,25H,7,9-12H2/t16-,20+/m1/s1. The fourth-order valence-corrected chi connectivity index (χ4v) is 4.14. The van der Waals surface area contributed by atoms with Gasteiger partial charge in [0.2, 0.25) is 0 Å². The number of aromatic nitrogens is 3. The second-order valence-corrected chi connectivity index (χ2v) is 7.53. The highest BCUT2D eigenvalue weighted by Crippen LogP contribution is 2.57. The molecule has 132 valence electrons. The number of likely N-dealkylation sites (tertiary alicyclic amines) is 1. The third kappa shape index (κ3) is 2.41. The summed E-state index contributed by atoms with van der Waals surface area (Å²) in [4.78, 5) is 23.6. The van der Waals surface area contributed by atoms with E-state index in [0.717, 1.165) is 24.1 Å². The van der Waals surface area contributed by atoms with E-state index in [4.69, 9.17) is 0 Å². The van der Waals surface area contributed by atoms with Crippen LogP contribution in [0.1, 0.15) is 22.3 Å². The van der Waals surface area contributed by atoms with Gasteiger partial charge in [0.1, 0.15) is 5.52 Å². The Morgan fingerprint density at radius 2 is 2.12 bits per heavy atom. The van der Waals surface area contributed by atoms with Crippen LogP contribution in [-0.4, -0.2) is 50.1 Å². The molecule has 1 N–H and O–H groups in total. The number of nitrogens with zero attached hydrogens (tertiary/aromatic N) is 4. The second kappa shape index (κ2) is 5.64. The fourth-order valence-electron chi connectivity index (χ4n) is 4.14. The second-order valence-electron chi connectivity index (χ2n) is 7.53. The molecule has 1 saturated heterocycles. The van der Waals surface area contributed by atoms with E-state index in [1.807, 2.05) is 33.7 Å². The Kier molecular flexibility index (Phi) is 3.37. The molecule has 0 spiro atoms. The molecule has 2 aromatic heterocycles. The average molecular weight is 348 g/mol. The van der Waals surface area contributed by atoms with E-state index in [1.54, 1.807) is 12.5 Å². The molecule has 3 heterocycles. The quantitative estimate of drug-likeness (QED) is 0.782. The zero-order valence-electron chi connectivity index (χ0n) is 14.4. The van der Waals surface area contributed by atoms with Gasteiger partial charge in [-0.2, -0.15) is 0 Å². The predicted molar refractivity (Wildman–Crippen MR) is 96.6 cm³/mol. The summed E-state index contributed by atoms with van der Waals surface area (Å²) in [6.07, 6.45) is 4.45. The molecule has 6 nitrogen and oxygen atoms in total. The van der Waals surface area contributed by atoms with Crippen LogP contribution in [0.3, 0.4) is 0 Å². The summed E-state index contributed by atoms with van der Waals surface area (Å²) in [6.45, 7) is 2.25. The molecule has 1 aliphatic carbocycles. The Hall–Kier alpha value is -2.73. The number of carbonyl (C=O) groups excluding carboxylic acids is 1. The Bertz CT molecular complexity index is 980. The minimum atomic E-state index is -0.0373. The number of piperidine rings is 1. The molecule has 0 bridgehead atoms. The van der Waals surface area contributed by atoms with Gasteiger partial charge in [-0.3, -0.25) is 4.79 Å². The summed E-state index contributed by atoms with van der Waals surface area (Å²) < 4.78 is 1.99.